The van der Waals surface area contributed by atoms with Crippen molar-refractivity contribution in [2.24, 2.45) is 7.05 Å². The highest BCUT2D eigenvalue weighted by Gasteiger charge is 2.25. The molecule has 0 bridgehead atoms. The zero-order chi connectivity index (χ0) is 23.0. The Balaban J connectivity index is 1.69. The standard InChI is InChI=1S/C24H23ClN4O3/c1-24(2,3)20-19(11-12-26-21(20)22(30)31)32-16-9-10-18-17(13-16)28-23(29(18)4)27-15-7-5-14(25)6-8-15/h5-13H,1-4H3,(H,27,28)(H,30,31)/p-1. The minimum Gasteiger partial charge on any atom is -0.543 e. The molecule has 0 fully saturated rings. The Labute approximate surface area is 190 Å². The van der Waals surface area contributed by atoms with Crippen LogP contribution in [0.15, 0.2) is 54.7 Å². The molecular formula is C24H22ClN4O3-. The Morgan fingerprint density at radius 1 is 1.12 bits per heavy atom. The van der Waals surface area contributed by atoms with E-state index in [0.717, 1.165) is 16.7 Å². The molecule has 0 unspecified atom stereocenters. The van der Waals surface area contributed by atoms with E-state index in [0.29, 0.717) is 28.0 Å². The fourth-order valence-electron chi connectivity index (χ4n) is 3.55. The van der Waals surface area contributed by atoms with Crippen LogP contribution < -0.4 is 15.2 Å². The zero-order valence-corrected chi connectivity index (χ0v) is 18.9. The summed E-state index contributed by atoms with van der Waals surface area (Å²) in [6.07, 6.45) is 1.41. The molecule has 2 heterocycles. The number of hydrogen-bond acceptors (Lipinski definition) is 6. The molecule has 1 N–H and O–H groups in total. The highest BCUT2D eigenvalue weighted by atomic mass is 35.5. The molecule has 164 valence electrons. The van der Waals surface area contributed by atoms with Crippen LogP contribution in [0.2, 0.25) is 5.02 Å². The quantitative estimate of drug-likeness (QED) is 0.469. The van der Waals surface area contributed by atoms with Gasteiger partial charge in [0.25, 0.3) is 0 Å². The number of anilines is 2. The molecule has 0 atom stereocenters. The molecule has 2 aromatic carbocycles. The van der Waals surface area contributed by atoms with Gasteiger partial charge in [0.05, 0.1) is 22.7 Å². The molecule has 0 radical (unpaired) electrons. The van der Waals surface area contributed by atoms with Crippen molar-refractivity contribution in [3.63, 3.8) is 0 Å². The summed E-state index contributed by atoms with van der Waals surface area (Å²) in [4.78, 5) is 20.3. The number of pyridine rings is 1. The second-order valence-electron chi connectivity index (χ2n) is 8.45. The van der Waals surface area contributed by atoms with E-state index in [9.17, 15) is 9.90 Å². The molecule has 0 amide bonds. The summed E-state index contributed by atoms with van der Waals surface area (Å²) in [7, 11) is 1.92. The smallest absolute Gasteiger partial charge is 0.208 e. The van der Waals surface area contributed by atoms with Crippen LogP contribution in [0.4, 0.5) is 11.6 Å². The number of carboxylic acids is 1. The van der Waals surface area contributed by atoms with Crippen LogP contribution in [0.1, 0.15) is 36.8 Å². The van der Waals surface area contributed by atoms with Gasteiger partial charge in [-0.15, -0.1) is 0 Å². The first-order valence-electron chi connectivity index (χ1n) is 10.0. The van der Waals surface area contributed by atoms with Gasteiger partial charge in [0.15, 0.2) is 0 Å². The second-order valence-corrected chi connectivity index (χ2v) is 8.89. The first-order valence-corrected chi connectivity index (χ1v) is 10.4. The number of carbonyl (C=O) groups excluding carboxylic acids is 1. The number of ether oxygens (including phenoxy) is 1. The lowest BCUT2D eigenvalue weighted by molar-refractivity contribution is -0.255. The number of halogens is 1. The van der Waals surface area contributed by atoms with Crippen molar-refractivity contribution >= 4 is 40.2 Å². The molecule has 0 saturated carbocycles. The molecule has 32 heavy (non-hydrogen) atoms. The van der Waals surface area contributed by atoms with Gasteiger partial charge in [-0.1, -0.05) is 32.4 Å². The van der Waals surface area contributed by atoms with Crippen LogP contribution in [0, 0.1) is 0 Å². The van der Waals surface area contributed by atoms with Gasteiger partial charge in [0, 0.05) is 35.6 Å². The Morgan fingerprint density at radius 3 is 2.50 bits per heavy atom. The number of carbonyl (C=O) groups is 1. The normalized spacial score (nSPS) is 11.5. The Bertz CT molecular complexity index is 1310. The van der Waals surface area contributed by atoms with Crippen molar-refractivity contribution in [1.29, 1.82) is 0 Å². The number of carboxylic acid groups (broad SMARTS) is 1. The highest BCUT2D eigenvalue weighted by molar-refractivity contribution is 6.30. The maximum absolute atomic E-state index is 11.6. The second kappa shape index (κ2) is 8.16. The van der Waals surface area contributed by atoms with Crippen LogP contribution in [-0.4, -0.2) is 20.5 Å². The maximum atomic E-state index is 11.6. The van der Waals surface area contributed by atoms with Gasteiger partial charge in [-0.25, -0.2) is 4.98 Å². The van der Waals surface area contributed by atoms with Crippen LogP contribution in [-0.2, 0) is 12.5 Å². The third-order valence-electron chi connectivity index (χ3n) is 5.04. The van der Waals surface area contributed by atoms with Crippen LogP contribution >= 0.6 is 11.6 Å². The number of imidazole rings is 1. The lowest BCUT2D eigenvalue weighted by Gasteiger charge is -2.25. The SMILES string of the molecule is Cn1c(Nc2ccc(Cl)cc2)nc2cc(Oc3ccnc(C(=O)[O-])c3C(C)(C)C)ccc21. The van der Waals surface area contributed by atoms with Crippen LogP contribution in [0.25, 0.3) is 11.0 Å². The number of fused-ring (bicyclic) bond motifs is 1. The number of aromatic nitrogens is 3. The Hall–Kier alpha value is -3.58. The summed E-state index contributed by atoms with van der Waals surface area (Å²) in [5, 5.41) is 15.5. The van der Waals surface area contributed by atoms with Gasteiger partial charge in [-0.3, -0.25) is 4.98 Å². The van der Waals surface area contributed by atoms with Crippen molar-refractivity contribution in [1.82, 2.24) is 14.5 Å². The van der Waals surface area contributed by atoms with Gasteiger partial charge in [-0.05, 0) is 47.9 Å². The number of nitrogens with one attached hydrogen (secondary N) is 1. The van der Waals surface area contributed by atoms with Crippen molar-refractivity contribution < 1.29 is 14.6 Å². The number of aromatic carboxylic acids is 1. The van der Waals surface area contributed by atoms with E-state index < -0.39 is 11.4 Å². The average molecular weight is 450 g/mol. The van der Waals surface area contributed by atoms with E-state index in [1.807, 2.05) is 62.7 Å². The highest BCUT2D eigenvalue weighted by Crippen LogP contribution is 2.36. The largest absolute Gasteiger partial charge is 0.543 e. The minimum atomic E-state index is -1.33. The average Bonchev–Trinajstić information content (AvgIpc) is 3.03. The number of benzene rings is 2. The van der Waals surface area contributed by atoms with Gasteiger partial charge < -0.3 is 24.5 Å². The van der Waals surface area contributed by atoms with E-state index in [1.165, 1.54) is 6.20 Å². The Kier molecular flexibility index (Phi) is 5.52. The third-order valence-corrected chi connectivity index (χ3v) is 5.29. The predicted octanol–water partition coefficient (Wildman–Crippen LogP) is 4.82. The van der Waals surface area contributed by atoms with E-state index in [4.69, 9.17) is 16.3 Å². The molecule has 0 aliphatic carbocycles. The van der Waals surface area contributed by atoms with E-state index >= 15 is 0 Å². The summed E-state index contributed by atoms with van der Waals surface area (Å²) in [6.45, 7) is 5.71. The zero-order valence-electron chi connectivity index (χ0n) is 18.1. The predicted molar refractivity (Wildman–Crippen MR) is 123 cm³/mol. The first-order chi connectivity index (χ1) is 15.1. The Morgan fingerprint density at radius 2 is 1.84 bits per heavy atom. The maximum Gasteiger partial charge on any atom is 0.208 e. The third kappa shape index (κ3) is 4.24. The summed E-state index contributed by atoms with van der Waals surface area (Å²) >= 11 is 5.96. The van der Waals surface area contributed by atoms with Gasteiger partial charge in [0.1, 0.15) is 11.5 Å². The summed E-state index contributed by atoms with van der Waals surface area (Å²) in [5.41, 5.74) is 2.35. The summed E-state index contributed by atoms with van der Waals surface area (Å²) < 4.78 is 8.04. The molecule has 2 aromatic heterocycles. The lowest BCUT2D eigenvalue weighted by Crippen LogP contribution is -2.29. The van der Waals surface area contributed by atoms with Gasteiger partial charge in [0.2, 0.25) is 5.95 Å². The lowest BCUT2D eigenvalue weighted by atomic mass is 9.85. The topological polar surface area (TPSA) is 92.1 Å². The van der Waals surface area contributed by atoms with Gasteiger partial charge in [-0.2, -0.15) is 0 Å². The monoisotopic (exact) mass is 449 g/mol. The van der Waals surface area contributed by atoms with E-state index in [1.54, 1.807) is 18.2 Å². The van der Waals surface area contributed by atoms with E-state index in [-0.39, 0.29) is 5.69 Å². The molecule has 7 nitrogen and oxygen atoms in total. The van der Waals surface area contributed by atoms with Gasteiger partial charge >= 0.3 is 0 Å². The van der Waals surface area contributed by atoms with Crippen LogP contribution in [0.5, 0.6) is 11.5 Å². The molecule has 0 aliphatic heterocycles. The number of rotatable bonds is 5. The van der Waals surface area contributed by atoms with E-state index in [2.05, 4.69) is 15.3 Å². The summed E-state index contributed by atoms with van der Waals surface area (Å²) in [5.74, 6) is 0.285. The fourth-order valence-corrected chi connectivity index (χ4v) is 3.68. The number of aryl methyl sites for hydroxylation is 1. The van der Waals surface area contributed by atoms with Crippen LogP contribution in [0.3, 0.4) is 0 Å². The number of hydrogen-bond donors (Lipinski definition) is 1. The molecule has 0 aliphatic rings. The minimum absolute atomic E-state index is 0.122. The molecule has 4 aromatic rings. The fraction of sp³-hybridized carbons (Fsp3) is 0.208. The van der Waals surface area contributed by atoms with Crippen molar-refractivity contribution in [3.8, 4) is 11.5 Å². The van der Waals surface area contributed by atoms with Crippen molar-refractivity contribution in [2.75, 3.05) is 5.32 Å². The van der Waals surface area contributed by atoms with Crippen molar-refractivity contribution in [2.45, 2.75) is 26.2 Å². The molecular weight excluding hydrogens is 428 g/mol. The summed E-state index contributed by atoms with van der Waals surface area (Å²) in [6, 6.07) is 14.6. The van der Waals surface area contributed by atoms with Crippen molar-refractivity contribution in [3.05, 3.63) is 71.0 Å². The number of nitrogens with zero attached hydrogens (tertiary/aromatic N) is 3. The first kappa shape index (κ1) is 21.6. The molecule has 8 heteroatoms. The molecule has 0 spiro atoms. The molecule has 4 rings (SSSR count). The molecule has 0 saturated heterocycles.